The highest BCUT2D eigenvalue weighted by molar-refractivity contribution is 5.94. The van der Waals surface area contributed by atoms with Crippen molar-refractivity contribution >= 4 is 5.91 Å². The Hall–Kier alpha value is -1.49. The zero-order valence-corrected chi connectivity index (χ0v) is 14.2. The minimum absolute atomic E-state index is 0.0731. The summed E-state index contributed by atoms with van der Waals surface area (Å²) in [7, 11) is 0. The molecule has 3 rings (SSSR count). The van der Waals surface area contributed by atoms with Gasteiger partial charge in [0.2, 0.25) is 0 Å². The van der Waals surface area contributed by atoms with Crippen LogP contribution >= 0.6 is 0 Å². The standard InChI is InChI=1S/C19H26F2N2O/c20-15-7-8-16(17(21)13-15)18(24)22-14-19(9-3-1-4-10-19)23-11-5-2-6-12-23/h7-8,13H,1-6,9-12,14H2,(H,22,24)/p+1. The van der Waals surface area contributed by atoms with Crippen LogP contribution in [0.1, 0.15) is 61.7 Å². The van der Waals surface area contributed by atoms with Gasteiger partial charge in [-0.3, -0.25) is 4.79 Å². The summed E-state index contributed by atoms with van der Waals surface area (Å²) in [6, 6.07) is 3.12. The summed E-state index contributed by atoms with van der Waals surface area (Å²) in [5, 5.41) is 2.94. The molecule has 0 unspecified atom stereocenters. The lowest BCUT2D eigenvalue weighted by molar-refractivity contribution is -0.957. The van der Waals surface area contributed by atoms with Crippen molar-refractivity contribution in [1.29, 1.82) is 0 Å². The third-order valence-electron chi connectivity index (χ3n) is 5.78. The van der Waals surface area contributed by atoms with Gasteiger partial charge in [0, 0.05) is 18.9 Å². The minimum Gasteiger partial charge on any atom is -0.346 e. The number of carbonyl (C=O) groups is 1. The van der Waals surface area contributed by atoms with Crippen LogP contribution in [0.4, 0.5) is 8.78 Å². The summed E-state index contributed by atoms with van der Waals surface area (Å²) in [5.74, 6) is -1.89. The molecule has 1 aliphatic heterocycles. The molecule has 1 saturated heterocycles. The molecular weight excluding hydrogens is 310 g/mol. The van der Waals surface area contributed by atoms with Crippen LogP contribution in [0.3, 0.4) is 0 Å². The van der Waals surface area contributed by atoms with Gasteiger partial charge in [0.25, 0.3) is 5.91 Å². The van der Waals surface area contributed by atoms with Gasteiger partial charge in [-0.15, -0.1) is 0 Å². The molecule has 0 spiro atoms. The first-order valence-corrected chi connectivity index (χ1v) is 9.19. The molecule has 0 aromatic heterocycles. The zero-order valence-electron chi connectivity index (χ0n) is 14.2. The molecule has 1 heterocycles. The first-order chi connectivity index (χ1) is 11.6. The van der Waals surface area contributed by atoms with Crippen molar-refractivity contribution in [3.63, 3.8) is 0 Å². The molecule has 1 saturated carbocycles. The number of carbonyl (C=O) groups excluding carboxylic acids is 1. The second kappa shape index (κ2) is 7.60. The van der Waals surface area contributed by atoms with Crippen molar-refractivity contribution in [1.82, 2.24) is 5.32 Å². The molecule has 2 aliphatic rings. The molecular formula is C19H27F2N2O+. The fourth-order valence-electron chi connectivity index (χ4n) is 4.41. The third-order valence-corrected chi connectivity index (χ3v) is 5.78. The number of halogens is 2. The van der Waals surface area contributed by atoms with E-state index in [0.717, 1.165) is 25.0 Å². The Bertz CT molecular complexity index is 579. The highest BCUT2D eigenvalue weighted by atomic mass is 19.1. The second-order valence-electron chi connectivity index (χ2n) is 7.31. The van der Waals surface area contributed by atoms with Crippen molar-refractivity contribution in [3.05, 3.63) is 35.4 Å². The van der Waals surface area contributed by atoms with Crippen LogP contribution < -0.4 is 10.2 Å². The summed E-state index contributed by atoms with van der Waals surface area (Å²) in [5.41, 5.74) is 0.0150. The molecule has 1 aliphatic carbocycles. The van der Waals surface area contributed by atoms with E-state index in [1.54, 1.807) is 4.90 Å². The first-order valence-electron chi connectivity index (χ1n) is 9.19. The largest absolute Gasteiger partial charge is 0.346 e. The molecule has 24 heavy (non-hydrogen) atoms. The van der Waals surface area contributed by atoms with Gasteiger partial charge in [0.15, 0.2) is 0 Å². The van der Waals surface area contributed by atoms with Crippen molar-refractivity contribution < 1.29 is 18.5 Å². The van der Waals surface area contributed by atoms with E-state index >= 15 is 0 Å². The van der Waals surface area contributed by atoms with Gasteiger partial charge in [0.1, 0.15) is 17.2 Å². The molecule has 1 aromatic carbocycles. The Morgan fingerprint density at radius 3 is 2.38 bits per heavy atom. The Kier molecular flexibility index (Phi) is 5.49. The number of quaternary nitrogens is 1. The van der Waals surface area contributed by atoms with Gasteiger partial charge < -0.3 is 10.2 Å². The Morgan fingerprint density at radius 1 is 1.04 bits per heavy atom. The summed E-state index contributed by atoms with van der Waals surface area (Å²) >= 11 is 0. The average Bonchev–Trinajstić information content (AvgIpc) is 2.61. The predicted molar refractivity (Wildman–Crippen MR) is 89.1 cm³/mol. The SMILES string of the molecule is O=C(NCC1([NH+]2CCCCC2)CCCCC1)c1ccc(F)cc1F. The molecule has 3 nitrogen and oxygen atoms in total. The van der Waals surface area contributed by atoms with Crippen molar-refractivity contribution in [3.8, 4) is 0 Å². The maximum Gasteiger partial charge on any atom is 0.254 e. The van der Waals surface area contributed by atoms with Crippen molar-refractivity contribution in [2.75, 3.05) is 19.6 Å². The molecule has 1 aromatic rings. The number of rotatable bonds is 4. The topological polar surface area (TPSA) is 33.5 Å². The lowest BCUT2D eigenvalue weighted by Crippen LogP contribution is -3.22. The van der Waals surface area contributed by atoms with Gasteiger partial charge in [0.05, 0.1) is 25.2 Å². The highest BCUT2D eigenvalue weighted by Gasteiger charge is 2.42. The fraction of sp³-hybridized carbons (Fsp3) is 0.632. The number of benzene rings is 1. The smallest absolute Gasteiger partial charge is 0.254 e. The molecule has 0 bridgehead atoms. The number of amides is 1. The van der Waals surface area contributed by atoms with Gasteiger partial charge in [-0.25, -0.2) is 8.78 Å². The normalized spacial score (nSPS) is 21.4. The van der Waals surface area contributed by atoms with E-state index in [0.29, 0.717) is 6.54 Å². The van der Waals surface area contributed by atoms with Gasteiger partial charge in [-0.1, -0.05) is 6.42 Å². The van der Waals surface area contributed by atoms with Crippen LogP contribution in [-0.2, 0) is 0 Å². The van der Waals surface area contributed by atoms with Crippen LogP contribution in [0.15, 0.2) is 18.2 Å². The molecule has 2 fully saturated rings. The van der Waals surface area contributed by atoms with Gasteiger partial charge >= 0.3 is 0 Å². The quantitative estimate of drug-likeness (QED) is 0.869. The molecule has 0 radical (unpaired) electrons. The van der Waals surface area contributed by atoms with Crippen LogP contribution in [0.2, 0.25) is 0 Å². The van der Waals surface area contributed by atoms with Crippen molar-refractivity contribution in [2.24, 2.45) is 0 Å². The van der Waals surface area contributed by atoms with E-state index in [9.17, 15) is 13.6 Å². The fourth-order valence-corrected chi connectivity index (χ4v) is 4.41. The average molecular weight is 337 g/mol. The van der Waals surface area contributed by atoms with Crippen LogP contribution in [0.25, 0.3) is 0 Å². The van der Waals surface area contributed by atoms with E-state index in [1.807, 2.05) is 0 Å². The second-order valence-corrected chi connectivity index (χ2v) is 7.31. The number of piperidine rings is 1. The van der Waals surface area contributed by atoms with Gasteiger partial charge in [-0.05, 0) is 44.2 Å². The summed E-state index contributed by atoms with van der Waals surface area (Å²) in [4.78, 5) is 14.0. The predicted octanol–water partition coefficient (Wildman–Crippen LogP) is 2.47. The monoisotopic (exact) mass is 337 g/mol. The van der Waals surface area contributed by atoms with Gasteiger partial charge in [-0.2, -0.15) is 0 Å². The van der Waals surface area contributed by atoms with E-state index < -0.39 is 17.5 Å². The Balaban J connectivity index is 1.69. The number of nitrogens with one attached hydrogen (secondary N) is 2. The first kappa shape index (κ1) is 17.3. The maximum atomic E-state index is 13.8. The Labute approximate surface area is 142 Å². The highest BCUT2D eigenvalue weighted by Crippen LogP contribution is 2.26. The molecule has 5 heteroatoms. The zero-order chi connectivity index (χ0) is 17.0. The lowest BCUT2D eigenvalue weighted by atomic mass is 9.79. The maximum absolute atomic E-state index is 13.8. The van der Waals surface area contributed by atoms with Crippen LogP contribution in [0, 0.1) is 11.6 Å². The Morgan fingerprint density at radius 2 is 1.71 bits per heavy atom. The van der Waals surface area contributed by atoms with E-state index in [4.69, 9.17) is 0 Å². The number of likely N-dealkylation sites (tertiary alicyclic amines) is 1. The number of hydrogen-bond donors (Lipinski definition) is 2. The molecule has 2 N–H and O–H groups in total. The van der Waals surface area contributed by atoms with Crippen LogP contribution in [-0.4, -0.2) is 31.1 Å². The molecule has 1 amide bonds. The summed E-state index contributed by atoms with van der Waals surface area (Å²) < 4.78 is 26.8. The van der Waals surface area contributed by atoms with E-state index in [-0.39, 0.29) is 11.1 Å². The summed E-state index contributed by atoms with van der Waals surface area (Å²) in [6.45, 7) is 2.92. The lowest BCUT2D eigenvalue weighted by Gasteiger charge is -2.45. The van der Waals surface area contributed by atoms with E-state index in [1.165, 1.54) is 57.7 Å². The minimum atomic E-state index is -0.796. The van der Waals surface area contributed by atoms with Crippen LogP contribution in [0.5, 0.6) is 0 Å². The third kappa shape index (κ3) is 3.77. The summed E-state index contributed by atoms with van der Waals surface area (Å²) in [6.07, 6.45) is 9.69. The molecule has 0 atom stereocenters. The van der Waals surface area contributed by atoms with E-state index in [2.05, 4.69) is 5.32 Å². The number of hydrogen-bond acceptors (Lipinski definition) is 1. The van der Waals surface area contributed by atoms with Crippen molar-refractivity contribution in [2.45, 2.75) is 56.9 Å². The molecule has 132 valence electrons.